The summed E-state index contributed by atoms with van der Waals surface area (Å²) in [4.78, 5) is 12.8. The summed E-state index contributed by atoms with van der Waals surface area (Å²) in [6.45, 7) is 2.14. The van der Waals surface area contributed by atoms with Crippen LogP contribution in [0.25, 0.3) is 11.2 Å². The molecule has 0 fully saturated rings. The Hall–Kier alpha value is -1.65. The third-order valence-corrected chi connectivity index (χ3v) is 2.39. The van der Waals surface area contributed by atoms with Crippen molar-refractivity contribution >= 4 is 17.0 Å². The summed E-state index contributed by atoms with van der Waals surface area (Å²) < 4.78 is 1.86. The number of nitrogens with zero attached hydrogens (tertiary/aromatic N) is 4. The van der Waals surface area contributed by atoms with E-state index in [1.165, 1.54) is 0 Å². The monoisotopic (exact) mass is 205 g/mol. The normalized spacial score (nSPS) is 11.1. The second-order valence-corrected chi connectivity index (χ2v) is 3.66. The zero-order valence-corrected chi connectivity index (χ0v) is 9.06. The average molecular weight is 205 g/mol. The Morgan fingerprint density at radius 1 is 1.40 bits per heavy atom. The van der Waals surface area contributed by atoms with Gasteiger partial charge in [-0.05, 0) is 6.42 Å². The maximum absolute atomic E-state index is 5.82. The fourth-order valence-corrected chi connectivity index (χ4v) is 1.52. The van der Waals surface area contributed by atoms with Crippen LogP contribution in [-0.2, 0) is 13.5 Å². The third kappa shape index (κ3) is 1.77. The maximum Gasteiger partial charge on any atom is 0.165 e. The molecule has 2 heterocycles. The number of aryl methyl sites for hydroxylation is 2. The first-order chi connectivity index (χ1) is 7.22. The van der Waals surface area contributed by atoms with Gasteiger partial charge < -0.3 is 10.3 Å². The van der Waals surface area contributed by atoms with Crippen molar-refractivity contribution in [3.8, 4) is 0 Å². The van der Waals surface area contributed by atoms with E-state index < -0.39 is 0 Å². The summed E-state index contributed by atoms with van der Waals surface area (Å²) in [5.41, 5.74) is 7.32. The first-order valence-corrected chi connectivity index (χ1v) is 5.15. The molecule has 0 atom stereocenters. The van der Waals surface area contributed by atoms with Crippen LogP contribution in [0.4, 0.5) is 5.82 Å². The molecule has 0 aliphatic carbocycles. The first kappa shape index (κ1) is 9.89. The summed E-state index contributed by atoms with van der Waals surface area (Å²) in [5.74, 6) is 1.29. The molecule has 2 rings (SSSR count). The zero-order chi connectivity index (χ0) is 10.8. The molecule has 0 aromatic carbocycles. The van der Waals surface area contributed by atoms with Gasteiger partial charge in [-0.25, -0.2) is 15.0 Å². The van der Waals surface area contributed by atoms with E-state index >= 15 is 0 Å². The van der Waals surface area contributed by atoms with Gasteiger partial charge in [-0.2, -0.15) is 0 Å². The Bertz CT molecular complexity index is 474. The first-order valence-electron chi connectivity index (χ1n) is 5.15. The summed E-state index contributed by atoms with van der Waals surface area (Å²) in [7, 11) is 1.91. The Labute approximate surface area is 88.4 Å². The van der Waals surface area contributed by atoms with Gasteiger partial charge in [0.15, 0.2) is 11.5 Å². The number of anilines is 1. The molecule has 0 amide bonds. The fourth-order valence-electron chi connectivity index (χ4n) is 1.52. The summed E-state index contributed by atoms with van der Waals surface area (Å²) >= 11 is 0. The Morgan fingerprint density at radius 2 is 2.20 bits per heavy atom. The number of nitrogens with two attached hydrogens (primary N) is 1. The number of fused-ring (bicyclic) bond motifs is 1. The number of nitrogen functional groups attached to an aromatic ring is 1. The number of hydrogen-bond acceptors (Lipinski definition) is 4. The lowest BCUT2D eigenvalue weighted by atomic mass is 10.2. The highest BCUT2D eigenvalue weighted by Crippen LogP contribution is 2.15. The molecular weight excluding hydrogens is 190 g/mol. The van der Waals surface area contributed by atoms with Gasteiger partial charge in [-0.3, -0.25) is 0 Å². The molecule has 0 spiro atoms. The van der Waals surface area contributed by atoms with E-state index in [4.69, 9.17) is 5.73 Å². The Balaban J connectivity index is 2.45. The molecule has 0 aliphatic rings. The van der Waals surface area contributed by atoms with E-state index in [0.717, 1.165) is 30.7 Å². The van der Waals surface area contributed by atoms with Crippen molar-refractivity contribution in [2.45, 2.75) is 26.2 Å². The van der Waals surface area contributed by atoms with Crippen LogP contribution >= 0.6 is 0 Å². The van der Waals surface area contributed by atoms with Gasteiger partial charge in [0.1, 0.15) is 11.3 Å². The molecule has 2 aromatic heterocycles. The Morgan fingerprint density at radius 3 is 2.93 bits per heavy atom. The quantitative estimate of drug-likeness (QED) is 0.819. The van der Waals surface area contributed by atoms with Crippen LogP contribution in [-0.4, -0.2) is 19.5 Å². The highest BCUT2D eigenvalue weighted by molar-refractivity contribution is 5.81. The molecule has 2 N–H and O–H groups in total. The van der Waals surface area contributed by atoms with Crippen LogP contribution in [0.5, 0.6) is 0 Å². The van der Waals surface area contributed by atoms with Crippen molar-refractivity contribution < 1.29 is 0 Å². The minimum atomic E-state index is 0.478. The van der Waals surface area contributed by atoms with Crippen LogP contribution < -0.4 is 5.73 Å². The summed E-state index contributed by atoms with van der Waals surface area (Å²) in [6, 6.07) is 0. The molecule has 0 radical (unpaired) electrons. The second-order valence-electron chi connectivity index (χ2n) is 3.66. The highest BCUT2D eigenvalue weighted by Gasteiger charge is 2.08. The van der Waals surface area contributed by atoms with Crippen LogP contribution in [0.3, 0.4) is 0 Å². The predicted molar refractivity (Wildman–Crippen MR) is 59.3 cm³/mol. The topological polar surface area (TPSA) is 69.6 Å². The van der Waals surface area contributed by atoms with Gasteiger partial charge in [0, 0.05) is 13.5 Å². The highest BCUT2D eigenvalue weighted by atomic mass is 15.1. The maximum atomic E-state index is 5.82. The minimum absolute atomic E-state index is 0.478. The molecule has 5 heteroatoms. The zero-order valence-electron chi connectivity index (χ0n) is 9.06. The molecule has 0 saturated heterocycles. The van der Waals surface area contributed by atoms with Crippen molar-refractivity contribution in [1.29, 1.82) is 0 Å². The minimum Gasteiger partial charge on any atom is -0.382 e. The second kappa shape index (κ2) is 3.84. The number of imidazole rings is 1. The van der Waals surface area contributed by atoms with Crippen LogP contribution in [0.2, 0.25) is 0 Å². The van der Waals surface area contributed by atoms with E-state index in [1.54, 1.807) is 6.33 Å². The molecule has 0 aliphatic heterocycles. The summed E-state index contributed by atoms with van der Waals surface area (Å²) in [5, 5.41) is 0. The average Bonchev–Trinajstić information content (AvgIpc) is 2.58. The smallest absolute Gasteiger partial charge is 0.165 e. The largest absolute Gasteiger partial charge is 0.382 e. The van der Waals surface area contributed by atoms with Gasteiger partial charge in [0.05, 0.1) is 6.33 Å². The predicted octanol–water partition coefficient (Wildman–Crippen LogP) is 1.29. The van der Waals surface area contributed by atoms with Gasteiger partial charge in [-0.15, -0.1) is 0 Å². The van der Waals surface area contributed by atoms with E-state index in [-0.39, 0.29) is 0 Å². The van der Waals surface area contributed by atoms with E-state index in [2.05, 4.69) is 21.9 Å². The fraction of sp³-hybridized carbons (Fsp3) is 0.500. The van der Waals surface area contributed by atoms with E-state index in [9.17, 15) is 0 Å². The molecule has 0 unspecified atom stereocenters. The lowest BCUT2D eigenvalue weighted by Gasteiger charge is -2.01. The molecule has 0 bridgehead atoms. The molecule has 0 saturated carbocycles. The molecule has 2 aromatic rings. The lowest BCUT2D eigenvalue weighted by Crippen LogP contribution is -2.02. The van der Waals surface area contributed by atoms with Gasteiger partial charge in [-0.1, -0.05) is 13.3 Å². The standard InChI is InChI=1S/C10H15N5/c1-3-4-5-7-13-9(11)8-10(14-7)15(2)6-12-8/h6H,3-5H2,1-2H3,(H2,11,13,14). The van der Waals surface area contributed by atoms with E-state index in [0.29, 0.717) is 11.3 Å². The van der Waals surface area contributed by atoms with Crippen molar-refractivity contribution in [2.75, 3.05) is 5.73 Å². The van der Waals surface area contributed by atoms with Crippen LogP contribution in [0.1, 0.15) is 25.6 Å². The molecule has 5 nitrogen and oxygen atoms in total. The molecule has 15 heavy (non-hydrogen) atoms. The number of hydrogen-bond donors (Lipinski definition) is 1. The third-order valence-electron chi connectivity index (χ3n) is 2.39. The number of aromatic nitrogens is 4. The summed E-state index contributed by atoms with van der Waals surface area (Å²) in [6.07, 6.45) is 4.80. The van der Waals surface area contributed by atoms with Gasteiger partial charge >= 0.3 is 0 Å². The van der Waals surface area contributed by atoms with Crippen LogP contribution in [0, 0.1) is 0 Å². The van der Waals surface area contributed by atoms with Crippen molar-refractivity contribution in [1.82, 2.24) is 19.5 Å². The molecule has 80 valence electrons. The number of rotatable bonds is 3. The van der Waals surface area contributed by atoms with Gasteiger partial charge in [0.25, 0.3) is 0 Å². The van der Waals surface area contributed by atoms with Crippen molar-refractivity contribution in [3.63, 3.8) is 0 Å². The SMILES string of the molecule is CCCCc1nc(N)c2ncn(C)c2n1. The van der Waals surface area contributed by atoms with Crippen molar-refractivity contribution in [3.05, 3.63) is 12.2 Å². The van der Waals surface area contributed by atoms with E-state index in [1.807, 2.05) is 11.6 Å². The lowest BCUT2D eigenvalue weighted by molar-refractivity contribution is 0.754. The van der Waals surface area contributed by atoms with Crippen molar-refractivity contribution in [2.24, 2.45) is 7.05 Å². The van der Waals surface area contributed by atoms with Crippen LogP contribution in [0.15, 0.2) is 6.33 Å². The number of unbranched alkanes of at least 4 members (excludes halogenated alkanes) is 1. The Kier molecular flexibility index (Phi) is 2.53. The van der Waals surface area contributed by atoms with Gasteiger partial charge in [0.2, 0.25) is 0 Å². The molecular formula is C10H15N5.